The second-order valence-electron chi connectivity index (χ2n) is 3.87. The maximum absolute atomic E-state index is 13.5. The molecule has 2 rings (SSSR count). The highest BCUT2D eigenvalue weighted by Crippen LogP contribution is 2.23. The van der Waals surface area contributed by atoms with Gasteiger partial charge in [0, 0.05) is 6.20 Å². The van der Waals surface area contributed by atoms with Crippen LogP contribution in [0.1, 0.15) is 21.6 Å². The molecule has 0 aliphatic heterocycles. The molecule has 4 heteroatoms. The number of rotatable bonds is 3. The van der Waals surface area contributed by atoms with Gasteiger partial charge in [-0.25, -0.2) is 9.37 Å². The number of carbonyl (C=O) groups is 1. The standard InChI is InChI=1S/C14H12FNO2/c1-9-5-6-12(18-2)10(8-9)14(17)13-11(15)4-3-7-16-13/h3-8H,1-2H3. The quantitative estimate of drug-likeness (QED) is 0.780. The van der Waals surface area contributed by atoms with Crippen molar-refractivity contribution in [2.24, 2.45) is 0 Å². The third kappa shape index (κ3) is 2.22. The number of benzene rings is 1. The van der Waals surface area contributed by atoms with Crippen molar-refractivity contribution >= 4 is 5.78 Å². The topological polar surface area (TPSA) is 39.2 Å². The minimum absolute atomic E-state index is 0.193. The summed E-state index contributed by atoms with van der Waals surface area (Å²) in [6.45, 7) is 1.85. The van der Waals surface area contributed by atoms with Crippen molar-refractivity contribution < 1.29 is 13.9 Å². The van der Waals surface area contributed by atoms with Crippen LogP contribution in [-0.4, -0.2) is 17.9 Å². The number of methoxy groups -OCH3 is 1. The Morgan fingerprint density at radius 3 is 2.78 bits per heavy atom. The molecule has 0 amide bonds. The van der Waals surface area contributed by atoms with Gasteiger partial charge in [0.15, 0.2) is 5.82 Å². The van der Waals surface area contributed by atoms with Crippen molar-refractivity contribution in [2.75, 3.05) is 7.11 Å². The van der Waals surface area contributed by atoms with E-state index in [9.17, 15) is 9.18 Å². The Morgan fingerprint density at radius 2 is 2.11 bits per heavy atom. The Morgan fingerprint density at radius 1 is 1.33 bits per heavy atom. The van der Waals surface area contributed by atoms with Crippen LogP contribution in [-0.2, 0) is 0 Å². The summed E-state index contributed by atoms with van der Waals surface area (Å²) in [5.74, 6) is -0.699. The van der Waals surface area contributed by atoms with Gasteiger partial charge in [-0.15, -0.1) is 0 Å². The summed E-state index contributed by atoms with van der Waals surface area (Å²) in [5, 5.41) is 0. The molecule has 0 aliphatic carbocycles. The number of ketones is 1. The fourth-order valence-corrected chi connectivity index (χ4v) is 1.68. The first kappa shape index (κ1) is 12.2. The molecule has 0 aliphatic rings. The lowest BCUT2D eigenvalue weighted by atomic mass is 10.0. The number of hydrogen-bond acceptors (Lipinski definition) is 3. The Hall–Kier alpha value is -2.23. The highest BCUT2D eigenvalue weighted by Gasteiger charge is 2.19. The van der Waals surface area contributed by atoms with E-state index in [4.69, 9.17) is 4.74 Å². The van der Waals surface area contributed by atoms with Crippen molar-refractivity contribution in [3.8, 4) is 5.75 Å². The third-order valence-electron chi connectivity index (χ3n) is 2.57. The molecule has 0 saturated heterocycles. The Kier molecular flexibility index (Phi) is 3.37. The van der Waals surface area contributed by atoms with Crippen molar-refractivity contribution in [1.29, 1.82) is 0 Å². The zero-order valence-corrected chi connectivity index (χ0v) is 10.1. The smallest absolute Gasteiger partial charge is 0.218 e. The summed E-state index contributed by atoms with van der Waals surface area (Å²) in [7, 11) is 1.47. The van der Waals surface area contributed by atoms with Crippen molar-refractivity contribution in [1.82, 2.24) is 4.98 Å². The molecule has 3 nitrogen and oxygen atoms in total. The van der Waals surface area contributed by atoms with E-state index in [0.717, 1.165) is 5.56 Å². The molecule has 18 heavy (non-hydrogen) atoms. The van der Waals surface area contributed by atoms with Crippen LogP contribution in [0, 0.1) is 12.7 Å². The van der Waals surface area contributed by atoms with E-state index in [0.29, 0.717) is 11.3 Å². The average Bonchev–Trinajstić information content (AvgIpc) is 2.38. The lowest BCUT2D eigenvalue weighted by molar-refractivity contribution is 0.102. The van der Waals surface area contributed by atoms with Gasteiger partial charge >= 0.3 is 0 Å². The van der Waals surface area contributed by atoms with Crippen LogP contribution in [0.5, 0.6) is 5.75 Å². The molecule has 1 heterocycles. The minimum Gasteiger partial charge on any atom is -0.496 e. The third-order valence-corrected chi connectivity index (χ3v) is 2.57. The summed E-state index contributed by atoms with van der Waals surface area (Å²) in [4.78, 5) is 16.0. The number of halogens is 1. The van der Waals surface area contributed by atoms with Crippen LogP contribution in [0.15, 0.2) is 36.5 Å². The van der Waals surface area contributed by atoms with E-state index in [1.54, 1.807) is 12.1 Å². The second-order valence-corrected chi connectivity index (χ2v) is 3.87. The molecule has 1 aromatic heterocycles. The van der Waals surface area contributed by atoms with E-state index in [1.165, 1.54) is 25.4 Å². The van der Waals surface area contributed by atoms with Gasteiger partial charge in [-0.3, -0.25) is 4.79 Å². The second kappa shape index (κ2) is 4.96. The Labute approximate surface area is 104 Å². The number of ether oxygens (including phenoxy) is 1. The van der Waals surface area contributed by atoms with Crippen molar-refractivity contribution in [3.63, 3.8) is 0 Å². The fourth-order valence-electron chi connectivity index (χ4n) is 1.68. The number of aryl methyl sites for hydroxylation is 1. The lowest BCUT2D eigenvalue weighted by Crippen LogP contribution is -2.08. The van der Waals surface area contributed by atoms with Gasteiger partial charge in [0.1, 0.15) is 11.4 Å². The van der Waals surface area contributed by atoms with Crippen LogP contribution < -0.4 is 4.74 Å². The van der Waals surface area contributed by atoms with Gasteiger partial charge in [0.25, 0.3) is 0 Å². The molecule has 0 fully saturated rings. The van der Waals surface area contributed by atoms with E-state index >= 15 is 0 Å². The zero-order valence-electron chi connectivity index (χ0n) is 10.1. The van der Waals surface area contributed by atoms with Gasteiger partial charge in [-0.05, 0) is 31.2 Å². The minimum atomic E-state index is -0.633. The van der Waals surface area contributed by atoms with E-state index in [2.05, 4.69) is 4.98 Å². The SMILES string of the molecule is COc1ccc(C)cc1C(=O)c1ncccc1F. The molecule has 0 unspecified atom stereocenters. The molecule has 2 aromatic rings. The summed E-state index contributed by atoms with van der Waals surface area (Å²) < 4.78 is 18.6. The molecular formula is C14H12FNO2. The molecule has 0 saturated carbocycles. The van der Waals surface area contributed by atoms with Gasteiger partial charge in [0.2, 0.25) is 5.78 Å². The summed E-state index contributed by atoms with van der Waals surface area (Å²) in [5.41, 5.74) is 1.02. The van der Waals surface area contributed by atoms with Gasteiger partial charge in [0.05, 0.1) is 12.7 Å². The van der Waals surface area contributed by atoms with Crippen LogP contribution in [0.2, 0.25) is 0 Å². The normalized spacial score (nSPS) is 10.2. The van der Waals surface area contributed by atoms with Crippen LogP contribution in [0.3, 0.4) is 0 Å². The summed E-state index contributed by atoms with van der Waals surface area (Å²) in [6.07, 6.45) is 1.39. The molecule has 0 radical (unpaired) electrons. The van der Waals surface area contributed by atoms with E-state index in [-0.39, 0.29) is 5.69 Å². The van der Waals surface area contributed by atoms with Crippen LogP contribution in [0.25, 0.3) is 0 Å². The number of carbonyl (C=O) groups excluding carboxylic acids is 1. The van der Waals surface area contributed by atoms with E-state index < -0.39 is 11.6 Å². The number of pyridine rings is 1. The van der Waals surface area contributed by atoms with Gasteiger partial charge in [-0.1, -0.05) is 11.6 Å². The summed E-state index contributed by atoms with van der Waals surface area (Å²) >= 11 is 0. The molecule has 0 bridgehead atoms. The van der Waals surface area contributed by atoms with Gasteiger partial charge in [-0.2, -0.15) is 0 Å². The molecule has 1 aromatic carbocycles. The fraction of sp³-hybridized carbons (Fsp3) is 0.143. The van der Waals surface area contributed by atoms with Crippen molar-refractivity contribution in [2.45, 2.75) is 6.92 Å². The zero-order chi connectivity index (χ0) is 13.1. The average molecular weight is 245 g/mol. The highest BCUT2D eigenvalue weighted by molar-refractivity contribution is 6.09. The molecule has 0 atom stereocenters. The first-order chi connectivity index (χ1) is 8.63. The van der Waals surface area contributed by atoms with E-state index in [1.807, 2.05) is 13.0 Å². The first-order valence-corrected chi connectivity index (χ1v) is 5.43. The van der Waals surface area contributed by atoms with Crippen molar-refractivity contribution in [3.05, 3.63) is 59.2 Å². The van der Waals surface area contributed by atoms with Crippen LogP contribution >= 0.6 is 0 Å². The molecule has 0 spiro atoms. The maximum atomic E-state index is 13.5. The first-order valence-electron chi connectivity index (χ1n) is 5.43. The Bertz CT molecular complexity index is 596. The monoisotopic (exact) mass is 245 g/mol. The predicted molar refractivity (Wildman–Crippen MR) is 65.4 cm³/mol. The maximum Gasteiger partial charge on any atom is 0.218 e. The molecule has 0 N–H and O–H groups in total. The van der Waals surface area contributed by atoms with Crippen LogP contribution in [0.4, 0.5) is 4.39 Å². The molecule has 92 valence electrons. The Balaban J connectivity index is 2.52. The molecular weight excluding hydrogens is 233 g/mol. The summed E-state index contributed by atoms with van der Waals surface area (Å²) in [6, 6.07) is 7.82. The van der Waals surface area contributed by atoms with Gasteiger partial charge < -0.3 is 4.74 Å². The lowest BCUT2D eigenvalue weighted by Gasteiger charge is -2.08. The number of nitrogens with zero attached hydrogens (tertiary/aromatic N) is 1. The largest absolute Gasteiger partial charge is 0.496 e. The number of aromatic nitrogens is 1. The highest BCUT2D eigenvalue weighted by atomic mass is 19.1. The number of hydrogen-bond donors (Lipinski definition) is 0. The predicted octanol–water partition coefficient (Wildman–Crippen LogP) is 2.77.